The number of aryl methyl sites for hydroxylation is 1. The van der Waals surface area contributed by atoms with E-state index in [1.807, 2.05) is 36.3 Å². The average Bonchev–Trinajstić information content (AvgIpc) is 2.53. The summed E-state index contributed by atoms with van der Waals surface area (Å²) < 4.78 is 0. The molecule has 144 valence electrons. The van der Waals surface area contributed by atoms with Crippen molar-refractivity contribution in [2.45, 2.75) is 77.0 Å². The molecule has 0 amide bonds. The van der Waals surface area contributed by atoms with Gasteiger partial charge in [0.2, 0.25) is 6.54 Å². The topological polar surface area (TPSA) is 72.7 Å². The third-order valence-corrected chi connectivity index (χ3v) is 5.29. The summed E-state index contributed by atoms with van der Waals surface area (Å²) in [4.78, 5) is 28.9. The van der Waals surface area contributed by atoms with E-state index in [4.69, 9.17) is 4.84 Å². The number of hydrogen-bond acceptors (Lipinski definition) is 5. The van der Waals surface area contributed by atoms with Crippen molar-refractivity contribution in [1.82, 2.24) is 5.06 Å². The lowest BCUT2D eigenvalue weighted by molar-refractivity contribution is -0.486. The van der Waals surface area contributed by atoms with Gasteiger partial charge < -0.3 is 4.79 Å². The lowest BCUT2D eigenvalue weighted by atomic mass is 9.82. The number of nitro groups is 1. The van der Waals surface area contributed by atoms with Crippen LogP contribution in [0.5, 0.6) is 0 Å². The lowest BCUT2D eigenvalue weighted by Crippen LogP contribution is -2.60. The first-order chi connectivity index (χ1) is 12.1. The fourth-order valence-electron chi connectivity index (χ4n) is 3.95. The summed E-state index contributed by atoms with van der Waals surface area (Å²) in [5.41, 5.74) is 1.33. The number of carbonyl (C=O) groups is 1. The zero-order chi connectivity index (χ0) is 19.5. The summed E-state index contributed by atoms with van der Waals surface area (Å²) in [6, 6.07) is 7.49. The van der Waals surface area contributed by atoms with E-state index in [0.717, 1.165) is 30.4 Å². The molecular formula is C20H30N2O4. The highest BCUT2D eigenvalue weighted by Gasteiger charge is 2.45. The van der Waals surface area contributed by atoms with E-state index in [-0.39, 0.29) is 22.5 Å². The fourth-order valence-corrected chi connectivity index (χ4v) is 3.95. The minimum absolute atomic E-state index is 0.241. The first-order valence-corrected chi connectivity index (χ1v) is 9.17. The quantitative estimate of drug-likeness (QED) is 0.418. The maximum Gasteiger partial charge on any atom is 0.213 e. The van der Waals surface area contributed by atoms with Crippen LogP contribution in [0, 0.1) is 17.0 Å². The molecule has 1 aliphatic heterocycles. The minimum atomic E-state index is -0.903. The number of hydrogen-bond donors (Lipinski definition) is 0. The molecule has 26 heavy (non-hydrogen) atoms. The molecule has 1 saturated heterocycles. The average molecular weight is 362 g/mol. The van der Waals surface area contributed by atoms with Gasteiger partial charge in [-0.3, -0.25) is 15.0 Å². The smallest absolute Gasteiger partial charge is 0.213 e. The summed E-state index contributed by atoms with van der Waals surface area (Å²) in [7, 11) is 0. The molecule has 0 spiro atoms. The Hall–Kier alpha value is -1.79. The predicted molar refractivity (Wildman–Crippen MR) is 101 cm³/mol. The summed E-state index contributed by atoms with van der Waals surface area (Å²) in [5, 5.41) is 13.1. The second kappa shape index (κ2) is 7.84. The monoisotopic (exact) mass is 362 g/mol. The van der Waals surface area contributed by atoms with Gasteiger partial charge in [-0.2, -0.15) is 5.06 Å². The summed E-state index contributed by atoms with van der Waals surface area (Å²) in [6.07, 6.45) is 2.79. The zero-order valence-electron chi connectivity index (χ0n) is 16.4. The molecular weight excluding hydrogens is 332 g/mol. The van der Waals surface area contributed by atoms with Crippen molar-refractivity contribution in [1.29, 1.82) is 0 Å². The van der Waals surface area contributed by atoms with Gasteiger partial charge in [0.05, 0.1) is 5.92 Å². The fraction of sp³-hybridized carbons (Fsp3) is 0.650. The molecule has 2 rings (SSSR count). The van der Waals surface area contributed by atoms with Crippen LogP contribution >= 0.6 is 0 Å². The Balaban J connectivity index is 2.33. The first kappa shape index (κ1) is 20.5. The maximum atomic E-state index is 11.9. The van der Waals surface area contributed by atoms with Gasteiger partial charge in [0, 0.05) is 16.0 Å². The van der Waals surface area contributed by atoms with Crippen molar-refractivity contribution >= 4 is 6.29 Å². The van der Waals surface area contributed by atoms with Crippen molar-refractivity contribution in [3.63, 3.8) is 0 Å². The van der Waals surface area contributed by atoms with Gasteiger partial charge in [0.15, 0.2) is 6.29 Å². The van der Waals surface area contributed by atoms with Gasteiger partial charge in [-0.25, -0.2) is 0 Å². The number of benzene rings is 1. The van der Waals surface area contributed by atoms with Crippen LogP contribution < -0.4 is 0 Å². The van der Waals surface area contributed by atoms with Crippen molar-refractivity contribution < 1.29 is 14.6 Å². The highest BCUT2D eigenvalue weighted by molar-refractivity contribution is 5.58. The Morgan fingerprint density at radius 3 is 2.19 bits per heavy atom. The van der Waals surface area contributed by atoms with E-state index >= 15 is 0 Å². The van der Waals surface area contributed by atoms with Crippen LogP contribution in [0.4, 0.5) is 0 Å². The van der Waals surface area contributed by atoms with E-state index in [2.05, 4.69) is 27.7 Å². The first-order valence-electron chi connectivity index (χ1n) is 9.17. The lowest BCUT2D eigenvalue weighted by Gasteiger charge is -2.52. The molecule has 1 heterocycles. The van der Waals surface area contributed by atoms with E-state index in [9.17, 15) is 14.9 Å². The van der Waals surface area contributed by atoms with Crippen LogP contribution in [0.3, 0.4) is 0 Å². The molecule has 6 heteroatoms. The number of nitrogens with zero attached hydrogens (tertiary/aromatic N) is 2. The Morgan fingerprint density at radius 1 is 1.19 bits per heavy atom. The Bertz CT molecular complexity index is 624. The molecule has 0 aromatic heterocycles. The number of rotatable bonds is 7. The highest BCUT2D eigenvalue weighted by Crippen LogP contribution is 2.39. The standard InChI is InChI=1S/C20H30N2O4/c1-15-7-9-16(10-8-15)17(13-21(24)25)18(14-23)26-22-19(2,3)11-6-12-20(22,4)5/h7-10,14,17-18H,6,11-13H2,1-5H3/t17-,18-/m1/s1. The molecule has 6 nitrogen and oxygen atoms in total. The second-order valence-corrected chi connectivity index (χ2v) is 8.51. The van der Waals surface area contributed by atoms with Crippen molar-refractivity contribution in [2.24, 2.45) is 0 Å². The van der Waals surface area contributed by atoms with Crippen LogP contribution in [-0.2, 0) is 9.63 Å². The normalized spacial score (nSPS) is 21.7. The number of piperidine rings is 1. The molecule has 0 unspecified atom stereocenters. The molecule has 0 N–H and O–H groups in total. The largest absolute Gasteiger partial charge is 0.300 e. The third-order valence-electron chi connectivity index (χ3n) is 5.29. The molecule has 0 saturated carbocycles. The van der Waals surface area contributed by atoms with Gasteiger partial charge in [0.1, 0.15) is 6.10 Å². The SMILES string of the molecule is Cc1ccc([C@@H](C[N+](=O)[O-])[C@@H](C=O)ON2C(C)(C)CCCC2(C)C)cc1. The van der Waals surface area contributed by atoms with Crippen LogP contribution in [0.15, 0.2) is 24.3 Å². The van der Waals surface area contributed by atoms with Crippen LogP contribution in [0.2, 0.25) is 0 Å². The van der Waals surface area contributed by atoms with Gasteiger partial charge >= 0.3 is 0 Å². The number of hydroxylamine groups is 2. The van der Waals surface area contributed by atoms with E-state index < -0.39 is 12.0 Å². The summed E-state index contributed by atoms with van der Waals surface area (Å²) in [5.74, 6) is -0.628. The molecule has 1 fully saturated rings. The van der Waals surface area contributed by atoms with Gasteiger partial charge in [0.25, 0.3) is 0 Å². The highest BCUT2D eigenvalue weighted by atomic mass is 16.7. The van der Waals surface area contributed by atoms with E-state index in [0.29, 0.717) is 6.29 Å². The van der Waals surface area contributed by atoms with Crippen LogP contribution in [0.1, 0.15) is 64.0 Å². The third kappa shape index (κ3) is 4.68. The minimum Gasteiger partial charge on any atom is -0.300 e. The Labute approximate surface area is 155 Å². The van der Waals surface area contributed by atoms with Crippen molar-refractivity contribution in [3.05, 3.63) is 45.5 Å². The van der Waals surface area contributed by atoms with Gasteiger partial charge in [-0.15, -0.1) is 0 Å². The summed E-state index contributed by atoms with van der Waals surface area (Å²) in [6.45, 7) is 9.96. The molecule has 0 bridgehead atoms. The predicted octanol–water partition coefficient (Wildman–Crippen LogP) is 3.90. The van der Waals surface area contributed by atoms with Crippen LogP contribution in [0.25, 0.3) is 0 Å². The molecule has 2 atom stereocenters. The second-order valence-electron chi connectivity index (χ2n) is 8.51. The Morgan fingerprint density at radius 2 is 1.73 bits per heavy atom. The van der Waals surface area contributed by atoms with E-state index in [1.165, 1.54) is 0 Å². The van der Waals surface area contributed by atoms with Crippen molar-refractivity contribution in [3.8, 4) is 0 Å². The molecule has 0 aliphatic carbocycles. The maximum absolute atomic E-state index is 11.9. The Kier molecular flexibility index (Phi) is 6.19. The zero-order valence-corrected chi connectivity index (χ0v) is 16.4. The molecule has 0 radical (unpaired) electrons. The van der Waals surface area contributed by atoms with Crippen molar-refractivity contribution in [2.75, 3.05) is 6.54 Å². The molecule has 1 aromatic carbocycles. The van der Waals surface area contributed by atoms with Gasteiger partial charge in [-0.1, -0.05) is 29.8 Å². The molecule has 1 aliphatic rings. The van der Waals surface area contributed by atoms with Crippen LogP contribution in [-0.4, -0.2) is 40.0 Å². The number of aldehydes is 1. The summed E-state index contributed by atoms with van der Waals surface area (Å²) >= 11 is 0. The number of carbonyl (C=O) groups excluding carboxylic acids is 1. The van der Waals surface area contributed by atoms with E-state index in [1.54, 1.807) is 0 Å². The molecule has 1 aromatic rings. The van der Waals surface area contributed by atoms with Gasteiger partial charge in [-0.05, 0) is 59.4 Å².